The topological polar surface area (TPSA) is 66.8 Å². The van der Waals surface area contributed by atoms with Gasteiger partial charge < -0.3 is 14.7 Å². The van der Waals surface area contributed by atoms with Crippen LogP contribution in [0, 0.1) is 0 Å². The summed E-state index contributed by atoms with van der Waals surface area (Å²) in [6.45, 7) is 1.38. The molecule has 0 aliphatic carbocycles. The van der Waals surface area contributed by atoms with Crippen LogP contribution in [-0.2, 0) is 4.79 Å². The van der Waals surface area contributed by atoms with Crippen molar-refractivity contribution >= 4 is 22.6 Å². The van der Waals surface area contributed by atoms with Crippen LogP contribution in [0.3, 0.4) is 0 Å². The van der Waals surface area contributed by atoms with Crippen LogP contribution < -0.4 is 4.74 Å². The van der Waals surface area contributed by atoms with Gasteiger partial charge in [0, 0.05) is 13.1 Å². The molecule has 5 heteroatoms. The maximum absolute atomic E-state index is 12.2. The number of hydrogen-bond donors (Lipinski definition) is 1. The van der Waals surface area contributed by atoms with Gasteiger partial charge in [-0.2, -0.15) is 0 Å². The molecule has 1 fully saturated rings. The number of carbonyl (C=O) groups is 2. The average Bonchev–Trinajstić information content (AvgIpc) is 2.59. The number of carboxylic acids is 1. The number of carbonyl (C=O) groups excluding carboxylic acids is 1. The molecule has 1 amide bonds. The lowest BCUT2D eigenvalue weighted by molar-refractivity contribution is -0.134. The van der Waals surface area contributed by atoms with E-state index in [1.54, 1.807) is 17.0 Å². The van der Waals surface area contributed by atoms with Gasteiger partial charge in [-0.3, -0.25) is 4.79 Å². The Morgan fingerprint density at radius 3 is 2.35 bits per heavy atom. The van der Waals surface area contributed by atoms with Gasteiger partial charge >= 0.3 is 5.97 Å². The van der Waals surface area contributed by atoms with Crippen molar-refractivity contribution in [1.82, 2.24) is 4.90 Å². The Kier molecular flexibility index (Phi) is 4.46. The fourth-order valence-electron chi connectivity index (χ4n) is 2.88. The van der Waals surface area contributed by atoms with Gasteiger partial charge in [0.25, 0.3) is 5.91 Å². The van der Waals surface area contributed by atoms with Crippen molar-refractivity contribution < 1.29 is 19.4 Å². The summed E-state index contributed by atoms with van der Waals surface area (Å²) < 4.78 is 5.55. The van der Waals surface area contributed by atoms with Crippen molar-refractivity contribution in [2.24, 2.45) is 0 Å². The number of benzene rings is 2. The maximum atomic E-state index is 12.2. The second kappa shape index (κ2) is 6.69. The Balaban J connectivity index is 1.79. The highest BCUT2D eigenvalue weighted by Crippen LogP contribution is 2.26. The molecular formula is C18H19NO4. The summed E-state index contributed by atoms with van der Waals surface area (Å²) in [4.78, 5) is 25.4. The molecule has 3 rings (SSSR count). The summed E-state index contributed by atoms with van der Waals surface area (Å²) in [6, 6.07) is 10.7. The fraction of sp³-hybridized carbons (Fsp3) is 0.333. The van der Waals surface area contributed by atoms with Crippen LogP contribution in [0.5, 0.6) is 5.75 Å². The molecule has 0 radical (unpaired) electrons. The molecule has 2 aromatic rings. The molecule has 1 heterocycles. The smallest absolute Gasteiger partial charge is 0.339 e. The molecule has 120 valence electrons. The second-order valence-electron chi connectivity index (χ2n) is 5.73. The Bertz CT molecular complexity index is 735. The predicted octanol–water partition coefficient (Wildman–Crippen LogP) is 2.93. The van der Waals surface area contributed by atoms with Gasteiger partial charge in [-0.15, -0.1) is 0 Å². The SMILES string of the molecule is O=C(O)c1cc2ccccc2cc1OCC(=O)N1CCCCC1. The molecule has 2 aromatic carbocycles. The van der Waals surface area contributed by atoms with E-state index in [2.05, 4.69) is 0 Å². The van der Waals surface area contributed by atoms with Crippen LogP contribution in [0.4, 0.5) is 0 Å². The van der Waals surface area contributed by atoms with Crippen molar-refractivity contribution in [3.05, 3.63) is 42.0 Å². The average molecular weight is 313 g/mol. The van der Waals surface area contributed by atoms with Crippen LogP contribution in [0.25, 0.3) is 10.8 Å². The number of amides is 1. The Morgan fingerprint density at radius 1 is 1.04 bits per heavy atom. The third-order valence-electron chi connectivity index (χ3n) is 4.14. The highest BCUT2D eigenvalue weighted by Gasteiger charge is 2.19. The molecule has 0 saturated carbocycles. The summed E-state index contributed by atoms with van der Waals surface area (Å²) in [6.07, 6.45) is 3.18. The van der Waals surface area contributed by atoms with Gasteiger partial charge in [0.15, 0.2) is 6.61 Å². The third-order valence-corrected chi connectivity index (χ3v) is 4.14. The van der Waals surface area contributed by atoms with Crippen LogP contribution in [0.2, 0.25) is 0 Å². The van der Waals surface area contributed by atoms with E-state index < -0.39 is 5.97 Å². The normalized spacial score (nSPS) is 14.7. The van der Waals surface area contributed by atoms with Crippen LogP contribution >= 0.6 is 0 Å². The van der Waals surface area contributed by atoms with E-state index in [4.69, 9.17) is 4.74 Å². The largest absolute Gasteiger partial charge is 0.483 e. The molecule has 1 aliphatic rings. The zero-order valence-corrected chi connectivity index (χ0v) is 12.8. The van der Waals surface area contributed by atoms with Crippen molar-refractivity contribution in [2.45, 2.75) is 19.3 Å². The van der Waals surface area contributed by atoms with Gasteiger partial charge in [-0.05, 0) is 42.2 Å². The van der Waals surface area contributed by atoms with E-state index in [9.17, 15) is 14.7 Å². The number of nitrogens with zero attached hydrogens (tertiary/aromatic N) is 1. The van der Waals surface area contributed by atoms with E-state index in [1.807, 2.05) is 24.3 Å². The lowest BCUT2D eigenvalue weighted by Gasteiger charge is -2.26. The minimum absolute atomic E-state index is 0.0788. The molecule has 5 nitrogen and oxygen atoms in total. The first-order chi connectivity index (χ1) is 11.1. The van der Waals surface area contributed by atoms with E-state index in [1.165, 1.54) is 0 Å². The van der Waals surface area contributed by atoms with Crippen LogP contribution in [0.1, 0.15) is 29.6 Å². The predicted molar refractivity (Wildman–Crippen MR) is 86.8 cm³/mol. The van der Waals surface area contributed by atoms with Gasteiger partial charge in [0.1, 0.15) is 11.3 Å². The first-order valence-electron chi connectivity index (χ1n) is 7.82. The molecular weight excluding hydrogens is 294 g/mol. The number of aromatic carboxylic acids is 1. The maximum Gasteiger partial charge on any atom is 0.339 e. The van der Waals surface area contributed by atoms with Crippen molar-refractivity contribution in [3.8, 4) is 5.75 Å². The number of fused-ring (bicyclic) bond motifs is 1. The van der Waals surface area contributed by atoms with Crippen molar-refractivity contribution in [2.75, 3.05) is 19.7 Å². The lowest BCUT2D eigenvalue weighted by atomic mass is 10.1. The summed E-state index contributed by atoms with van der Waals surface area (Å²) in [5.74, 6) is -0.910. The monoisotopic (exact) mass is 313 g/mol. The first kappa shape index (κ1) is 15.3. The molecule has 1 N–H and O–H groups in total. The standard InChI is InChI=1S/C18H19NO4/c20-17(19-8-4-1-5-9-19)12-23-16-11-14-7-3-2-6-13(14)10-15(16)18(21)22/h2-3,6-7,10-11H,1,4-5,8-9,12H2,(H,21,22). The summed E-state index contributed by atoms with van der Waals surface area (Å²) in [7, 11) is 0. The number of carboxylic acid groups (broad SMARTS) is 1. The van der Waals surface area contributed by atoms with E-state index in [0.717, 1.165) is 43.1 Å². The number of likely N-dealkylation sites (tertiary alicyclic amines) is 1. The Hall–Kier alpha value is -2.56. The minimum Gasteiger partial charge on any atom is -0.483 e. The second-order valence-corrected chi connectivity index (χ2v) is 5.73. The van der Waals surface area contributed by atoms with Crippen LogP contribution in [0.15, 0.2) is 36.4 Å². The van der Waals surface area contributed by atoms with Gasteiger partial charge in [-0.1, -0.05) is 24.3 Å². The van der Waals surface area contributed by atoms with Gasteiger partial charge in [0.05, 0.1) is 0 Å². The first-order valence-corrected chi connectivity index (χ1v) is 7.82. The number of piperidine rings is 1. The molecule has 23 heavy (non-hydrogen) atoms. The Morgan fingerprint density at radius 2 is 1.70 bits per heavy atom. The molecule has 0 spiro atoms. The molecule has 0 unspecified atom stereocenters. The third kappa shape index (κ3) is 3.44. The minimum atomic E-state index is -1.06. The van der Waals surface area contributed by atoms with Gasteiger partial charge in [0.2, 0.25) is 0 Å². The molecule has 0 aromatic heterocycles. The summed E-state index contributed by atoms with van der Waals surface area (Å²) in [5, 5.41) is 11.1. The summed E-state index contributed by atoms with van der Waals surface area (Å²) >= 11 is 0. The molecule has 1 aliphatic heterocycles. The van der Waals surface area contributed by atoms with Gasteiger partial charge in [-0.25, -0.2) is 4.79 Å². The van der Waals surface area contributed by atoms with E-state index in [0.29, 0.717) is 0 Å². The van der Waals surface area contributed by atoms with E-state index >= 15 is 0 Å². The lowest BCUT2D eigenvalue weighted by Crippen LogP contribution is -2.38. The zero-order valence-electron chi connectivity index (χ0n) is 12.8. The number of ether oxygens (including phenoxy) is 1. The van der Waals surface area contributed by atoms with E-state index in [-0.39, 0.29) is 23.8 Å². The van der Waals surface area contributed by atoms with Crippen molar-refractivity contribution in [3.63, 3.8) is 0 Å². The molecule has 0 bridgehead atoms. The number of rotatable bonds is 4. The highest BCUT2D eigenvalue weighted by molar-refractivity contribution is 5.97. The molecule has 0 atom stereocenters. The number of hydrogen-bond acceptors (Lipinski definition) is 3. The summed E-state index contributed by atoms with van der Waals surface area (Å²) in [5.41, 5.74) is 0.0788. The zero-order chi connectivity index (χ0) is 16.2. The van der Waals surface area contributed by atoms with Crippen LogP contribution in [-0.4, -0.2) is 41.6 Å². The van der Waals surface area contributed by atoms with Crippen molar-refractivity contribution in [1.29, 1.82) is 0 Å². The quantitative estimate of drug-likeness (QED) is 0.942. The Labute approximate surface area is 134 Å². The molecule has 1 saturated heterocycles. The fourth-order valence-corrected chi connectivity index (χ4v) is 2.88. The highest BCUT2D eigenvalue weighted by atomic mass is 16.5.